The molecule has 7 heteroatoms. The number of fused-ring (bicyclic) bond motifs is 1. The molecule has 23 heavy (non-hydrogen) atoms. The predicted molar refractivity (Wildman–Crippen MR) is 93.5 cm³/mol. The van der Waals surface area contributed by atoms with Gasteiger partial charge in [0.2, 0.25) is 11.8 Å². The van der Waals surface area contributed by atoms with E-state index in [0.29, 0.717) is 17.4 Å². The lowest BCUT2D eigenvalue weighted by Gasteiger charge is -2.31. The number of hydrogen-bond acceptors (Lipinski definition) is 5. The molecule has 120 valence electrons. The Morgan fingerprint density at radius 1 is 1.30 bits per heavy atom. The van der Waals surface area contributed by atoms with E-state index in [0.717, 1.165) is 29.3 Å². The van der Waals surface area contributed by atoms with Crippen molar-refractivity contribution >= 4 is 50.8 Å². The first kappa shape index (κ1) is 15.0. The fourth-order valence-electron chi connectivity index (χ4n) is 2.96. The second-order valence-corrected chi connectivity index (χ2v) is 7.88. The van der Waals surface area contributed by atoms with Crippen LogP contribution in [0.2, 0.25) is 0 Å². The van der Waals surface area contributed by atoms with Gasteiger partial charge in [-0.25, -0.2) is 4.98 Å². The topological polar surface area (TPSA) is 62.3 Å². The van der Waals surface area contributed by atoms with Gasteiger partial charge in [0.05, 0.1) is 5.88 Å². The van der Waals surface area contributed by atoms with Crippen molar-refractivity contribution in [2.75, 3.05) is 16.9 Å². The van der Waals surface area contributed by atoms with E-state index in [-0.39, 0.29) is 23.8 Å². The van der Waals surface area contributed by atoms with Crippen molar-refractivity contribution < 1.29 is 9.59 Å². The Bertz CT molecular complexity index is 757. The van der Waals surface area contributed by atoms with Crippen molar-refractivity contribution in [2.24, 2.45) is 5.92 Å². The molecule has 1 atom stereocenters. The third-order valence-corrected chi connectivity index (χ3v) is 6.44. The van der Waals surface area contributed by atoms with Crippen LogP contribution in [0.25, 0.3) is 10.1 Å². The molecule has 2 aromatic rings. The van der Waals surface area contributed by atoms with Gasteiger partial charge in [0.1, 0.15) is 11.9 Å². The van der Waals surface area contributed by atoms with Gasteiger partial charge >= 0.3 is 0 Å². The van der Waals surface area contributed by atoms with Gasteiger partial charge in [-0.15, -0.1) is 23.1 Å². The van der Waals surface area contributed by atoms with Crippen molar-refractivity contribution in [2.45, 2.75) is 25.3 Å². The number of thiophene rings is 1. The maximum Gasteiger partial charge on any atom is 0.249 e. The Morgan fingerprint density at radius 2 is 2.17 bits per heavy atom. The van der Waals surface area contributed by atoms with Crippen LogP contribution in [-0.4, -0.2) is 39.4 Å². The summed E-state index contributed by atoms with van der Waals surface area (Å²) in [6.07, 6.45) is 4.75. The summed E-state index contributed by atoms with van der Waals surface area (Å²) >= 11 is 3.26. The number of pyridine rings is 1. The van der Waals surface area contributed by atoms with Gasteiger partial charge in [-0.1, -0.05) is 6.42 Å². The molecule has 1 saturated heterocycles. The number of carbonyl (C=O) groups is 2. The first-order valence-corrected chi connectivity index (χ1v) is 9.79. The van der Waals surface area contributed by atoms with Gasteiger partial charge in [0.15, 0.2) is 0 Å². The minimum Gasteiger partial charge on any atom is -0.320 e. The van der Waals surface area contributed by atoms with Gasteiger partial charge in [0, 0.05) is 28.0 Å². The smallest absolute Gasteiger partial charge is 0.249 e. The number of amides is 2. The fourth-order valence-corrected chi connectivity index (χ4v) is 4.91. The second-order valence-electron chi connectivity index (χ2n) is 5.93. The van der Waals surface area contributed by atoms with Gasteiger partial charge in [-0.05, 0) is 30.4 Å². The van der Waals surface area contributed by atoms with Gasteiger partial charge < -0.3 is 10.2 Å². The molecule has 2 fully saturated rings. The van der Waals surface area contributed by atoms with E-state index in [1.165, 1.54) is 0 Å². The number of carbonyl (C=O) groups excluding carboxylic acids is 2. The van der Waals surface area contributed by atoms with Crippen LogP contribution in [0, 0.1) is 5.92 Å². The number of nitrogens with zero attached hydrogens (tertiary/aromatic N) is 2. The molecule has 1 N–H and O–H groups in total. The standard InChI is InChI=1S/C16H17N3O2S2/c20-15(18-14-11-5-7-23-13(11)4-6-17-14)12-8-22-9-19(12)16(21)10-2-1-3-10/h4-7,10,12H,1-3,8-9H2,(H,17,18,20)/t12-/m1/s1. The maximum atomic E-state index is 12.7. The van der Waals surface area contributed by atoms with Crippen LogP contribution in [0.4, 0.5) is 5.82 Å². The van der Waals surface area contributed by atoms with Crippen molar-refractivity contribution in [3.63, 3.8) is 0 Å². The molecule has 1 aliphatic carbocycles. The first-order chi connectivity index (χ1) is 11.2. The molecule has 1 aliphatic heterocycles. The maximum absolute atomic E-state index is 12.7. The van der Waals surface area contributed by atoms with Crippen LogP contribution in [-0.2, 0) is 9.59 Å². The Balaban J connectivity index is 1.51. The second kappa shape index (κ2) is 6.13. The van der Waals surface area contributed by atoms with Gasteiger partial charge in [0.25, 0.3) is 0 Å². The van der Waals surface area contributed by atoms with Crippen LogP contribution in [0.1, 0.15) is 19.3 Å². The van der Waals surface area contributed by atoms with E-state index in [1.54, 1.807) is 34.2 Å². The van der Waals surface area contributed by atoms with Crippen LogP contribution < -0.4 is 5.32 Å². The predicted octanol–water partition coefficient (Wildman–Crippen LogP) is 2.94. The number of aromatic nitrogens is 1. The highest BCUT2D eigenvalue weighted by atomic mass is 32.2. The van der Waals surface area contributed by atoms with E-state index in [4.69, 9.17) is 0 Å². The molecule has 0 spiro atoms. The van der Waals surface area contributed by atoms with Crippen molar-refractivity contribution in [3.05, 3.63) is 23.7 Å². The third-order valence-electron chi connectivity index (χ3n) is 4.54. The van der Waals surface area contributed by atoms with Gasteiger partial charge in [-0.2, -0.15) is 0 Å². The average Bonchev–Trinajstić information content (AvgIpc) is 3.15. The average molecular weight is 347 g/mol. The molecule has 2 aromatic heterocycles. The summed E-state index contributed by atoms with van der Waals surface area (Å²) in [6, 6.07) is 3.51. The van der Waals surface area contributed by atoms with E-state index < -0.39 is 0 Å². The highest BCUT2D eigenvalue weighted by molar-refractivity contribution is 7.99. The molecule has 1 saturated carbocycles. The number of hydrogen-bond donors (Lipinski definition) is 1. The summed E-state index contributed by atoms with van der Waals surface area (Å²) in [5.41, 5.74) is 0. The molecule has 2 amide bonds. The lowest BCUT2D eigenvalue weighted by Crippen LogP contribution is -2.48. The zero-order valence-corrected chi connectivity index (χ0v) is 14.2. The van der Waals surface area contributed by atoms with E-state index in [1.807, 2.05) is 17.5 Å². The molecule has 4 rings (SSSR count). The number of anilines is 1. The monoisotopic (exact) mass is 347 g/mol. The lowest BCUT2D eigenvalue weighted by molar-refractivity contribution is -0.141. The normalized spacial score (nSPS) is 21.4. The van der Waals surface area contributed by atoms with Crippen molar-refractivity contribution in [1.29, 1.82) is 0 Å². The fraction of sp³-hybridized carbons (Fsp3) is 0.438. The Labute approximate surface area is 142 Å². The van der Waals surface area contributed by atoms with Crippen LogP contribution in [0.15, 0.2) is 23.7 Å². The summed E-state index contributed by atoms with van der Waals surface area (Å²) in [4.78, 5) is 31.2. The van der Waals surface area contributed by atoms with Crippen LogP contribution in [0.3, 0.4) is 0 Å². The van der Waals surface area contributed by atoms with Crippen molar-refractivity contribution in [1.82, 2.24) is 9.88 Å². The third kappa shape index (κ3) is 2.72. The number of nitrogens with one attached hydrogen (secondary N) is 1. The molecule has 0 aromatic carbocycles. The van der Waals surface area contributed by atoms with E-state index in [9.17, 15) is 9.59 Å². The largest absolute Gasteiger partial charge is 0.320 e. The summed E-state index contributed by atoms with van der Waals surface area (Å²) in [5, 5.41) is 5.86. The summed E-state index contributed by atoms with van der Waals surface area (Å²) in [5.74, 6) is 1.99. The highest BCUT2D eigenvalue weighted by Crippen LogP contribution is 2.33. The summed E-state index contributed by atoms with van der Waals surface area (Å²) in [7, 11) is 0. The molecule has 2 aliphatic rings. The molecule has 3 heterocycles. The van der Waals surface area contributed by atoms with Crippen LogP contribution in [0.5, 0.6) is 0 Å². The van der Waals surface area contributed by atoms with Crippen LogP contribution >= 0.6 is 23.1 Å². The summed E-state index contributed by atoms with van der Waals surface area (Å²) < 4.78 is 1.10. The number of thioether (sulfide) groups is 1. The molecule has 5 nitrogen and oxygen atoms in total. The quantitative estimate of drug-likeness (QED) is 0.927. The molecular weight excluding hydrogens is 330 g/mol. The van der Waals surface area contributed by atoms with E-state index in [2.05, 4.69) is 10.3 Å². The zero-order valence-electron chi connectivity index (χ0n) is 12.5. The molecule has 0 unspecified atom stereocenters. The summed E-state index contributed by atoms with van der Waals surface area (Å²) in [6.45, 7) is 0. The molecule has 0 bridgehead atoms. The lowest BCUT2D eigenvalue weighted by atomic mass is 9.84. The van der Waals surface area contributed by atoms with Gasteiger partial charge in [-0.3, -0.25) is 9.59 Å². The highest BCUT2D eigenvalue weighted by Gasteiger charge is 2.39. The SMILES string of the molecule is O=C(Nc1nccc2sccc12)[C@H]1CSCN1C(=O)C1CCC1. The van der Waals surface area contributed by atoms with Crippen molar-refractivity contribution in [3.8, 4) is 0 Å². The first-order valence-electron chi connectivity index (χ1n) is 7.75. The minimum atomic E-state index is -0.385. The molecule has 0 radical (unpaired) electrons. The Hall–Kier alpha value is -1.60. The Morgan fingerprint density at radius 3 is 2.96 bits per heavy atom. The minimum absolute atomic E-state index is 0.127. The zero-order chi connectivity index (χ0) is 15.8. The van der Waals surface area contributed by atoms with E-state index >= 15 is 0 Å². The molecular formula is C16H17N3O2S2. The Kier molecular flexibility index (Phi) is 3.98. The number of rotatable bonds is 3.